The van der Waals surface area contributed by atoms with Crippen LogP contribution < -0.4 is 0 Å². The Morgan fingerprint density at radius 2 is 0.833 bits per heavy atom. The highest BCUT2D eigenvalue weighted by Crippen LogP contribution is 2.79. The molecule has 0 saturated heterocycles. The van der Waals surface area contributed by atoms with Gasteiger partial charge >= 0.3 is 0 Å². The lowest BCUT2D eigenvalue weighted by molar-refractivity contribution is -0.223. The van der Waals surface area contributed by atoms with E-state index in [1.54, 1.807) is 25.7 Å². The van der Waals surface area contributed by atoms with Crippen LogP contribution >= 0.6 is 0 Å². The van der Waals surface area contributed by atoms with Crippen LogP contribution in [0.3, 0.4) is 0 Å². The highest BCUT2D eigenvalue weighted by atomic mass is 14.7. The monoisotopic (exact) mass is 474 g/mol. The van der Waals surface area contributed by atoms with Crippen molar-refractivity contribution in [1.82, 2.24) is 0 Å². The van der Waals surface area contributed by atoms with Crippen molar-refractivity contribution < 1.29 is 0 Å². The van der Waals surface area contributed by atoms with Gasteiger partial charge in [0, 0.05) is 0 Å². The second-order valence-electron chi connectivity index (χ2n) is 14.7. The largest absolute Gasteiger partial charge is 0.0777 e. The molecule has 0 radical (unpaired) electrons. The first-order valence-electron chi connectivity index (χ1n) is 15.0. The molecule has 2 aromatic rings. The molecule has 8 bridgehead atoms. The summed E-state index contributed by atoms with van der Waals surface area (Å²) >= 11 is 0. The summed E-state index contributed by atoms with van der Waals surface area (Å²) in [6.07, 6.45) is 28.6. The summed E-state index contributed by atoms with van der Waals surface area (Å²) < 4.78 is 0. The Balaban J connectivity index is 1.15. The highest BCUT2D eigenvalue weighted by Gasteiger charge is 2.69. The Bertz CT molecular complexity index is 1060. The van der Waals surface area contributed by atoms with E-state index in [9.17, 15) is 0 Å². The Kier molecular flexibility index (Phi) is 4.71. The fourth-order valence-electron chi connectivity index (χ4n) is 12.0. The molecule has 8 saturated carbocycles. The SMILES string of the molecule is C(=CC12CC3CC(C1)CC(C14CC5CC(CC(C=Cc6ccccc6)(C5)C1)C4)(C3)C2)c1ccccc1. The lowest BCUT2D eigenvalue weighted by Crippen LogP contribution is -2.64. The van der Waals surface area contributed by atoms with Crippen molar-refractivity contribution in [2.75, 3.05) is 0 Å². The van der Waals surface area contributed by atoms with Gasteiger partial charge in [0.15, 0.2) is 0 Å². The van der Waals surface area contributed by atoms with Crippen LogP contribution in [0.1, 0.15) is 88.2 Å². The molecule has 0 amide bonds. The van der Waals surface area contributed by atoms with Crippen LogP contribution in [-0.2, 0) is 0 Å². The first kappa shape index (κ1) is 22.0. The Hall–Kier alpha value is -2.08. The van der Waals surface area contributed by atoms with Crippen LogP contribution in [0.5, 0.6) is 0 Å². The fraction of sp³-hybridized carbons (Fsp3) is 0.556. The molecule has 36 heavy (non-hydrogen) atoms. The van der Waals surface area contributed by atoms with E-state index < -0.39 is 0 Å². The summed E-state index contributed by atoms with van der Waals surface area (Å²) in [4.78, 5) is 0. The first-order chi connectivity index (χ1) is 17.5. The first-order valence-corrected chi connectivity index (χ1v) is 15.0. The van der Waals surface area contributed by atoms with Gasteiger partial charge in [0.05, 0.1) is 0 Å². The predicted molar refractivity (Wildman–Crippen MR) is 150 cm³/mol. The van der Waals surface area contributed by atoms with Crippen molar-refractivity contribution in [3.8, 4) is 0 Å². The number of rotatable bonds is 5. The van der Waals surface area contributed by atoms with E-state index in [4.69, 9.17) is 0 Å². The van der Waals surface area contributed by atoms with Crippen molar-refractivity contribution in [2.45, 2.75) is 77.0 Å². The van der Waals surface area contributed by atoms with Gasteiger partial charge in [-0.2, -0.15) is 0 Å². The third-order valence-corrected chi connectivity index (χ3v) is 12.2. The molecule has 0 heterocycles. The molecule has 8 fully saturated rings. The number of allylic oxidation sites excluding steroid dienone is 2. The number of hydrogen-bond acceptors (Lipinski definition) is 0. The normalized spacial score (nSPS) is 46.3. The van der Waals surface area contributed by atoms with Gasteiger partial charge in [0.2, 0.25) is 0 Å². The van der Waals surface area contributed by atoms with Gasteiger partial charge in [-0.3, -0.25) is 0 Å². The number of benzene rings is 2. The molecule has 0 aromatic heterocycles. The van der Waals surface area contributed by atoms with Crippen molar-refractivity contribution in [3.63, 3.8) is 0 Å². The van der Waals surface area contributed by atoms with Gasteiger partial charge in [-0.25, -0.2) is 0 Å². The minimum Gasteiger partial charge on any atom is -0.0777 e. The van der Waals surface area contributed by atoms with Crippen molar-refractivity contribution >= 4 is 12.2 Å². The average molecular weight is 475 g/mol. The quantitative estimate of drug-likeness (QED) is 0.404. The van der Waals surface area contributed by atoms with E-state index in [0.29, 0.717) is 21.7 Å². The molecule has 8 aliphatic carbocycles. The van der Waals surface area contributed by atoms with Crippen LogP contribution in [0.4, 0.5) is 0 Å². The fourth-order valence-corrected chi connectivity index (χ4v) is 12.0. The maximum atomic E-state index is 2.72. The third kappa shape index (κ3) is 3.39. The molecule has 8 aliphatic rings. The van der Waals surface area contributed by atoms with Crippen LogP contribution in [0.25, 0.3) is 12.2 Å². The molecule has 0 spiro atoms. The smallest absolute Gasteiger partial charge is 0.0104 e. The van der Waals surface area contributed by atoms with Gasteiger partial charge in [-0.1, -0.05) is 85.0 Å². The van der Waals surface area contributed by atoms with Crippen molar-refractivity contribution in [3.05, 3.63) is 83.9 Å². The second kappa shape index (κ2) is 7.72. The summed E-state index contributed by atoms with van der Waals surface area (Å²) in [6.45, 7) is 0. The summed E-state index contributed by atoms with van der Waals surface area (Å²) in [5, 5.41) is 0. The van der Waals surface area contributed by atoms with Crippen LogP contribution in [0, 0.1) is 45.3 Å². The van der Waals surface area contributed by atoms with Crippen molar-refractivity contribution in [2.24, 2.45) is 45.3 Å². The standard InChI is InChI=1S/C36H42/c1-3-7-27(8-4-1)11-13-33-17-29-15-30(18-33)22-35(21-29,25-33)36-23-31-16-32(24-36)20-34(19-31,26-36)14-12-28-9-5-2-6-10-28/h1-14,29-32H,15-26H2. The molecule has 10 rings (SSSR count). The van der Waals surface area contributed by atoms with Crippen LogP contribution in [0.15, 0.2) is 72.8 Å². The zero-order valence-corrected chi connectivity index (χ0v) is 21.9. The van der Waals surface area contributed by atoms with Gasteiger partial charge in [0.25, 0.3) is 0 Å². The summed E-state index contributed by atoms with van der Waals surface area (Å²) in [5.74, 6) is 3.93. The second-order valence-corrected chi connectivity index (χ2v) is 14.7. The highest BCUT2D eigenvalue weighted by molar-refractivity contribution is 5.51. The van der Waals surface area contributed by atoms with E-state index in [1.165, 1.54) is 62.5 Å². The van der Waals surface area contributed by atoms with E-state index in [2.05, 4.69) is 85.0 Å². The lowest BCUT2D eigenvalue weighted by atomic mass is 9.31. The van der Waals surface area contributed by atoms with Gasteiger partial charge < -0.3 is 0 Å². The zero-order valence-electron chi connectivity index (χ0n) is 21.9. The molecule has 0 N–H and O–H groups in total. The third-order valence-electron chi connectivity index (χ3n) is 12.2. The van der Waals surface area contributed by atoms with Gasteiger partial charge in [-0.15, -0.1) is 0 Å². The summed E-state index contributed by atoms with van der Waals surface area (Å²) in [6, 6.07) is 22.2. The number of hydrogen-bond donors (Lipinski definition) is 0. The lowest BCUT2D eigenvalue weighted by Gasteiger charge is -2.73. The Labute approximate surface area is 218 Å². The van der Waals surface area contributed by atoms with E-state index >= 15 is 0 Å². The predicted octanol–water partition coefficient (Wildman–Crippen LogP) is 9.59. The molecule has 0 aliphatic heterocycles. The maximum Gasteiger partial charge on any atom is -0.0104 e. The molecular formula is C36H42. The molecular weight excluding hydrogens is 432 g/mol. The minimum absolute atomic E-state index is 0.469. The van der Waals surface area contributed by atoms with E-state index in [1.807, 2.05) is 0 Å². The Morgan fingerprint density at radius 1 is 0.472 bits per heavy atom. The average Bonchev–Trinajstić information content (AvgIpc) is 2.86. The topological polar surface area (TPSA) is 0 Å². The zero-order chi connectivity index (χ0) is 23.8. The molecule has 186 valence electrons. The van der Waals surface area contributed by atoms with Gasteiger partial charge in [-0.05, 0) is 134 Å². The maximum absolute atomic E-state index is 2.72. The molecule has 2 aromatic carbocycles. The minimum atomic E-state index is 0.469. The van der Waals surface area contributed by atoms with Crippen molar-refractivity contribution in [1.29, 1.82) is 0 Å². The molecule has 4 atom stereocenters. The molecule has 0 nitrogen and oxygen atoms in total. The molecule has 0 heteroatoms. The van der Waals surface area contributed by atoms with E-state index in [-0.39, 0.29) is 0 Å². The summed E-state index contributed by atoms with van der Waals surface area (Å²) in [5.41, 5.74) is 4.94. The Morgan fingerprint density at radius 3 is 1.19 bits per heavy atom. The van der Waals surface area contributed by atoms with Gasteiger partial charge in [0.1, 0.15) is 0 Å². The van der Waals surface area contributed by atoms with Crippen LogP contribution in [0.2, 0.25) is 0 Å². The van der Waals surface area contributed by atoms with Crippen LogP contribution in [-0.4, -0.2) is 0 Å². The summed E-state index contributed by atoms with van der Waals surface area (Å²) in [7, 11) is 0. The molecule has 4 unspecified atom stereocenters. The van der Waals surface area contributed by atoms with E-state index in [0.717, 1.165) is 23.7 Å².